The third kappa shape index (κ3) is 8.82. The van der Waals surface area contributed by atoms with E-state index in [2.05, 4.69) is 12.2 Å². The summed E-state index contributed by atoms with van der Waals surface area (Å²) in [6.45, 7) is 2.09. The molecule has 1 N–H and O–H groups in total. The van der Waals surface area contributed by atoms with Crippen molar-refractivity contribution in [2.45, 2.75) is 13.2 Å². The quantitative estimate of drug-likeness (QED) is 0.353. The van der Waals surface area contributed by atoms with Gasteiger partial charge in [-0.25, -0.2) is 13.7 Å². The largest absolute Gasteiger partial charge is 1.00 e. The molecule has 1 nitrogen and oxygen atoms in total. The van der Waals surface area contributed by atoms with E-state index in [4.69, 9.17) is 0 Å². The predicted molar refractivity (Wildman–Crippen MR) is 25.3 cm³/mol. The minimum Gasteiger partial charge on any atom is -0.558 e. The second kappa shape index (κ2) is 9.16. The fourth-order valence-corrected chi connectivity index (χ4v) is 0.204. The Bertz CT molecular complexity index is 18.3. The average molecular weight is 76.9 g/mol. The van der Waals surface area contributed by atoms with Crippen LogP contribution in [-0.4, -0.2) is 14.5 Å². The van der Waals surface area contributed by atoms with Crippen molar-refractivity contribution in [2.24, 2.45) is 0 Å². The van der Waals surface area contributed by atoms with Crippen molar-refractivity contribution in [3.63, 3.8) is 0 Å². The second-order valence-corrected chi connectivity index (χ2v) is 0.901. The summed E-state index contributed by atoms with van der Waals surface area (Å²) in [7, 11) is 3.91. The van der Waals surface area contributed by atoms with E-state index in [-0.39, 0.29) is 18.9 Å². The van der Waals surface area contributed by atoms with Crippen molar-refractivity contribution >= 4 is 7.41 Å². The maximum absolute atomic E-state index is 2.89. The molecular formula is C3H9BLiN. The summed E-state index contributed by atoms with van der Waals surface area (Å²) in [6.07, 6.45) is 1.11. The third-order valence-corrected chi connectivity index (χ3v) is 0.408. The summed E-state index contributed by atoms with van der Waals surface area (Å²) < 4.78 is 0. The molecule has 0 aliphatic rings. The van der Waals surface area contributed by atoms with Gasteiger partial charge in [-0.15, -0.1) is 6.92 Å². The van der Waals surface area contributed by atoms with E-state index >= 15 is 0 Å². The van der Waals surface area contributed by atoms with Crippen molar-refractivity contribution in [3.8, 4) is 0 Å². The van der Waals surface area contributed by atoms with Crippen molar-refractivity contribution < 1.29 is 18.9 Å². The first-order chi connectivity index (χ1) is 2.41. The van der Waals surface area contributed by atoms with E-state index in [1.54, 1.807) is 0 Å². The number of hydrogen-bond acceptors (Lipinski definition) is 1. The van der Waals surface area contributed by atoms with Gasteiger partial charge in [0.1, 0.15) is 0 Å². The van der Waals surface area contributed by atoms with Gasteiger partial charge in [0.25, 0.3) is 0 Å². The van der Waals surface area contributed by atoms with Gasteiger partial charge in [0.15, 0.2) is 0 Å². The Morgan fingerprint density at radius 1 is 1.67 bits per heavy atom. The van der Waals surface area contributed by atoms with E-state index in [1.165, 1.54) is 0 Å². The molecule has 0 aromatic heterocycles. The van der Waals surface area contributed by atoms with Crippen LogP contribution in [0.15, 0.2) is 0 Å². The van der Waals surface area contributed by atoms with Crippen LogP contribution in [0.1, 0.15) is 6.92 Å². The second-order valence-electron chi connectivity index (χ2n) is 0.901. The summed E-state index contributed by atoms with van der Waals surface area (Å²) >= 11 is 0. The molecular weight excluding hydrogens is 67.8 g/mol. The van der Waals surface area contributed by atoms with Crippen LogP contribution in [0.2, 0.25) is 6.32 Å². The Morgan fingerprint density at radius 3 is 2.17 bits per heavy atom. The van der Waals surface area contributed by atoms with E-state index in [0.717, 1.165) is 6.32 Å². The first-order valence-corrected chi connectivity index (χ1v) is 1.90. The number of rotatable bonds is 2. The van der Waals surface area contributed by atoms with Crippen LogP contribution >= 0.6 is 0 Å². The van der Waals surface area contributed by atoms with Crippen LogP contribution in [0, 0.1) is 0 Å². The Labute approximate surface area is 52.3 Å². The molecule has 6 heavy (non-hydrogen) atoms. The molecule has 30 valence electrons. The van der Waals surface area contributed by atoms with Gasteiger partial charge in [0.05, 0.1) is 0 Å². The zero-order valence-electron chi connectivity index (χ0n) is 4.78. The number of nitrogens with one attached hydrogen (secondary N) is 1. The fraction of sp³-hybridized carbons (Fsp3) is 1.00. The molecule has 2 radical (unpaired) electrons. The SMILES string of the molecule is CC[B-]NC.[Li+]. The van der Waals surface area contributed by atoms with Crippen LogP contribution in [0.5, 0.6) is 0 Å². The zero-order chi connectivity index (χ0) is 4.12. The topological polar surface area (TPSA) is 12.0 Å². The standard InChI is InChI=1S/C3H9BN.Li/c1-3-4-5-2;/h5H,3H2,1-2H3;/q-1;+1. The molecule has 0 aliphatic carbocycles. The molecule has 3 heteroatoms. The summed E-state index contributed by atoms with van der Waals surface area (Å²) in [5.41, 5.74) is 0. The van der Waals surface area contributed by atoms with Gasteiger partial charge < -0.3 is 5.23 Å². The summed E-state index contributed by atoms with van der Waals surface area (Å²) in [4.78, 5) is 0. The van der Waals surface area contributed by atoms with E-state index in [0.29, 0.717) is 0 Å². The van der Waals surface area contributed by atoms with Crippen LogP contribution in [0.3, 0.4) is 0 Å². The molecule has 0 amide bonds. The average Bonchev–Trinajstić information content (AvgIpc) is 1.41. The fourth-order valence-electron chi connectivity index (χ4n) is 0.204. The van der Waals surface area contributed by atoms with Gasteiger partial charge in [-0.2, -0.15) is 0 Å². The maximum atomic E-state index is 2.89. The van der Waals surface area contributed by atoms with Crippen molar-refractivity contribution in [1.29, 1.82) is 0 Å². The normalized spacial score (nSPS) is 7.00. The first kappa shape index (κ1) is 9.80. The van der Waals surface area contributed by atoms with Crippen molar-refractivity contribution in [3.05, 3.63) is 0 Å². The predicted octanol–water partition coefficient (Wildman–Crippen LogP) is -2.73. The smallest absolute Gasteiger partial charge is 0.558 e. The molecule has 0 heterocycles. The summed E-state index contributed by atoms with van der Waals surface area (Å²) in [6, 6.07) is 0. The van der Waals surface area contributed by atoms with Gasteiger partial charge in [-0.05, 0) is 0 Å². The molecule has 0 saturated heterocycles. The van der Waals surface area contributed by atoms with Gasteiger partial charge in [0.2, 0.25) is 0 Å². The Hall–Kier alpha value is 0.622. The molecule has 0 spiro atoms. The summed E-state index contributed by atoms with van der Waals surface area (Å²) in [5.74, 6) is 0. The molecule has 0 saturated carbocycles. The first-order valence-electron chi connectivity index (χ1n) is 1.90. The Morgan fingerprint density at radius 2 is 2.17 bits per heavy atom. The Kier molecular flexibility index (Phi) is 14.9. The number of hydrogen-bond donors (Lipinski definition) is 1. The third-order valence-electron chi connectivity index (χ3n) is 0.408. The van der Waals surface area contributed by atoms with Crippen LogP contribution in [-0.2, 0) is 0 Å². The van der Waals surface area contributed by atoms with E-state index < -0.39 is 0 Å². The minimum atomic E-state index is 0. The minimum absolute atomic E-state index is 0. The molecule has 0 aliphatic heterocycles. The van der Waals surface area contributed by atoms with Gasteiger partial charge in [-0.1, -0.05) is 7.05 Å². The molecule has 0 aromatic carbocycles. The Balaban J connectivity index is 0. The van der Waals surface area contributed by atoms with Crippen LogP contribution < -0.4 is 24.1 Å². The van der Waals surface area contributed by atoms with E-state index in [9.17, 15) is 0 Å². The van der Waals surface area contributed by atoms with Gasteiger partial charge >= 0.3 is 18.9 Å². The molecule has 0 unspecified atom stereocenters. The summed E-state index contributed by atoms with van der Waals surface area (Å²) in [5, 5.41) is 2.89. The molecule has 0 fully saturated rings. The molecule has 0 bridgehead atoms. The maximum Gasteiger partial charge on any atom is 1.00 e. The molecule has 0 rings (SSSR count). The molecule has 0 aromatic rings. The van der Waals surface area contributed by atoms with E-state index in [1.807, 2.05) is 14.5 Å². The van der Waals surface area contributed by atoms with Crippen LogP contribution in [0.25, 0.3) is 0 Å². The van der Waals surface area contributed by atoms with Crippen molar-refractivity contribution in [1.82, 2.24) is 5.23 Å². The van der Waals surface area contributed by atoms with Crippen molar-refractivity contribution in [2.75, 3.05) is 7.05 Å². The molecule has 0 atom stereocenters. The van der Waals surface area contributed by atoms with Crippen LogP contribution in [0.4, 0.5) is 0 Å². The van der Waals surface area contributed by atoms with Gasteiger partial charge in [-0.3, -0.25) is 0 Å². The monoisotopic (exact) mass is 77.1 g/mol. The van der Waals surface area contributed by atoms with Gasteiger partial charge in [0, 0.05) is 0 Å². The zero-order valence-corrected chi connectivity index (χ0v) is 4.78.